The Labute approximate surface area is 98.3 Å². The summed E-state index contributed by atoms with van der Waals surface area (Å²) in [7, 11) is 0. The van der Waals surface area contributed by atoms with Crippen molar-refractivity contribution in [3.63, 3.8) is 0 Å². The van der Waals surface area contributed by atoms with Gasteiger partial charge in [-0.2, -0.15) is 0 Å². The van der Waals surface area contributed by atoms with Crippen molar-refractivity contribution < 1.29 is 4.74 Å². The van der Waals surface area contributed by atoms with Crippen LogP contribution < -0.4 is 10.1 Å². The maximum absolute atomic E-state index is 5.64. The molecule has 0 saturated carbocycles. The van der Waals surface area contributed by atoms with E-state index in [1.165, 1.54) is 16.7 Å². The third-order valence-corrected chi connectivity index (χ3v) is 2.44. The Morgan fingerprint density at radius 1 is 1.31 bits per heavy atom. The van der Waals surface area contributed by atoms with Crippen molar-refractivity contribution in [1.29, 1.82) is 0 Å². The van der Waals surface area contributed by atoms with Crippen molar-refractivity contribution >= 4 is 0 Å². The van der Waals surface area contributed by atoms with Gasteiger partial charge in [-0.25, -0.2) is 0 Å². The Morgan fingerprint density at radius 3 is 2.44 bits per heavy atom. The van der Waals surface area contributed by atoms with Crippen LogP contribution in [0.25, 0.3) is 0 Å². The number of hydrogen-bond donors (Lipinski definition) is 1. The minimum Gasteiger partial charge on any atom is -0.489 e. The number of nitrogens with one attached hydrogen (secondary N) is 1. The monoisotopic (exact) mass is 219 g/mol. The summed E-state index contributed by atoms with van der Waals surface area (Å²) >= 11 is 0. The zero-order chi connectivity index (χ0) is 12.0. The molecule has 0 aliphatic rings. The first kappa shape index (κ1) is 12.8. The molecule has 0 heterocycles. The molecule has 2 nitrogen and oxygen atoms in total. The lowest BCUT2D eigenvalue weighted by atomic mass is 10.1. The van der Waals surface area contributed by atoms with E-state index in [4.69, 9.17) is 4.74 Å². The molecule has 0 radical (unpaired) electrons. The molecule has 16 heavy (non-hydrogen) atoms. The first-order valence-electron chi connectivity index (χ1n) is 5.73. The van der Waals surface area contributed by atoms with Crippen molar-refractivity contribution in [1.82, 2.24) is 5.32 Å². The van der Waals surface area contributed by atoms with Crippen LogP contribution in [0.5, 0.6) is 5.75 Å². The Kier molecular flexibility index (Phi) is 5.06. The second-order valence-corrected chi connectivity index (χ2v) is 3.94. The number of hydrogen-bond acceptors (Lipinski definition) is 2. The summed E-state index contributed by atoms with van der Waals surface area (Å²) in [6.07, 6.45) is 1.77. The van der Waals surface area contributed by atoms with E-state index in [1.807, 2.05) is 0 Å². The normalized spacial score (nSPS) is 10.2. The third kappa shape index (κ3) is 3.38. The van der Waals surface area contributed by atoms with Gasteiger partial charge in [0.15, 0.2) is 0 Å². The lowest BCUT2D eigenvalue weighted by molar-refractivity contribution is 0.358. The summed E-state index contributed by atoms with van der Waals surface area (Å²) in [4.78, 5) is 0. The summed E-state index contributed by atoms with van der Waals surface area (Å²) in [5.41, 5.74) is 3.69. The average Bonchev–Trinajstić information content (AvgIpc) is 2.25. The summed E-state index contributed by atoms with van der Waals surface area (Å²) in [5, 5.41) is 3.32. The van der Waals surface area contributed by atoms with Gasteiger partial charge in [0.1, 0.15) is 12.4 Å². The molecule has 0 amide bonds. The van der Waals surface area contributed by atoms with E-state index < -0.39 is 0 Å². The summed E-state index contributed by atoms with van der Waals surface area (Å²) < 4.78 is 5.64. The number of ether oxygens (including phenoxy) is 1. The smallest absolute Gasteiger partial charge is 0.125 e. The molecule has 0 bridgehead atoms. The van der Waals surface area contributed by atoms with Crippen LogP contribution in [0.2, 0.25) is 0 Å². The zero-order valence-corrected chi connectivity index (χ0v) is 10.5. The van der Waals surface area contributed by atoms with E-state index in [1.54, 1.807) is 6.08 Å². The molecule has 0 aromatic heterocycles. The predicted molar refractivity (Wildman–Crippen MR) is 69.0 cm³/mol. The quantitative estimate of drug-likeness (QED) is 0.743. The van der Waals surface area contributed by atoms with E-state index in [0.717, 1.165) is 18.8 Å². The first-order valence-corrected chi connectivity index (χ1v) is 5.73. The van der Waals surface area contributed by atoms with E-state index >= 15 is 0 Å². The van der Waals surface area contributed by atoms with Crippen molar-refractivity contribution in [3.05, 3.63) is 41.5 Å². The minimum atomic E-state index is 0.564. The van der Waals surface area contributed by atoms with Gasteiger partial charge in [-0.05, 0) is 37.1 Å². The van der Waals surface area contributed by atoms with Crippen molar-refractivity contribution in [2.24, 2.45) is 0 Å². The van der Waals surface area contributed by atoms with E-state index in [-0.39, 0.29) is 0 Å². The van der Waals surface area contributed by atoms with Gasteiger partial charge in [0.25, 0.3) is 0 Å². The molecule has 0 spiro atoms. The number of aryl methyl sites for hydroxylation is 2. The van der Waals surface area contributed by atoms with Gasteiger partial charge in [-0.15, -0.1) is 0 Å². The molecule has 88 valence electrons. The molecule has 0 unspecified atom stereocenters. The van der Waals surface area contributed by atoms with Crippen LogP contribution >= 0.6 is 0 Å². The third-order valence-electron chi connectivity index (χ3n) is 2.44. The van der Waals surface area contributed by atoms with Gasteiger partial charge >= 0.3 is 0 Å². The molecule has 0 fully saturated rings. The highest BCUT2D eigenvalue weighted by Crippen LogP contribution is 2.24. The van der Waals surface area contributed by atoms with Crippen LogP contribution in [-0.4, -0.2) is 13.2 Å². The summed E-state index contributed by atoms with van der Waals surface area (Å²) in [5.74, 6) is 0.986. The van der Waals surface area contributed by atoms with Gasteiger partial charge in [0.05, 0.1) is 0 Å². The van der Waals surface area contributed by atoms with E-state index in [2.05, 4.69) is 44.8 Å². The van der Waals surface area contributed by atoms with E-state index in [9.17, 15) is 0 Å². The lowest BCUT2D eigenvalue weighted by Crippen LogP contribution is -2.12. The standard InChI is InChI=1S/C14H21NO/c1-5-7-16-14-11(3)8-13(9-12(14)4)10-15-6-2/h5,8-9,15H,1,6-7,10H2,2-4H3. The second-order valence-electron chi connectivity index (χ2n) is 3.94. The topological polar surface area (TPSA) is 21.3 Å². The lowest BCUT2D eigenvalue weighted by Gasteiger charge is -2.13. The molecule has 2 heteroatoms. The Bertz CT molecular complexity index is 335. The molecule has 0 saturated heterocycles. The highest BCUT2D eigenvalue weighted by molar-refractivity contribution is 5.43. The SMILES string of the molecule is C=CCOc1c(C)cc(CNCC)cc1C. The Balaban J connectivity index is 2.84. The van der Waals surface area contributed by atoms with E-state index in [0.29, 0.717) is 6.61 Å². The number of rotatable bonds is 6. The van der Waals surface area contributed by atoms with Crippen LogP contribution in [0.1, 0.15) is 23.6 Å². The summed E-state index contributed by atoms with van der Waals surface area (Å²) in [6.45, 7) is 12.4. The molecule has 1 rings (SSSR count). The molecule has 0 aliphatic heterocycles. The summed E-state index contributed by atoms with van der Waals surface area (Å²) in [6, 6.07) is 4.35. The van der Waals surface area contributed by atoms with Gasteiger partial charge in [-0.3, -0.25) is 0 Å². The molecule has 1 aromatic rings. The van der Waals surface area contributed by atoms with Gasteiger partial charge in [0, 0.05) is 6.54 Å². The average molecular weight is 219 g/mol. The van der Waals surface area contributed by atoms with Gasteiger partial charge in [0.2, 0.25) is 0 Å². The van der Waals surface area contributed by atoms with Crippen molar-refractivity contribution in [3.8, 4) is 5.75 Å². The minimum absolute atomic E-state index is 0.564. The molecule has 0 aliphatic carbocycles. The Morgan fingerprint density at radius 2 is 1.94 bits per heavy atom. The Hall–Kier alpha value is -1.28. The van der Waals surface area contributed by atoms with Crippen LogP contribution in [0.15, 0.2) is 24.8 Å². The predicted octanol–water partition coefficient (Wildman–Crippen LogP) is 2.98. The zero-order valence-electron chi connectivity index (χ0n) is 10.5. The molecule has 1 aromatic carbocycles. The van der Waals surface area contributed by atoms with Crippen molar-refractivity contribution in [2.45, 2.75) is 27.3 Å². The highest BCUT2D eigenvalue weighted by Gasteiger charge is 2.05. The molecule has 1 N–H and O–H groups in total. The fourth-order valence-electron chi connectivity index (χ4n) is 1.78. The fourth-order valence-corrected chi connectivity index (χ4v) is 1.78. The van der Waals surface area contributed by atoms with Crippen molar-refractivity contribution in [2.75, 3.05) is 13.2 Å². The van der Waals surface area contributed by atoms with Gasteiger partial charge < -0.3 is 10.1 Å². The van der Waals surface area contributed by atoms with Crippen LogP contribution in [0.4, 0.5) is 0 Å². The van der Waals surface area contributed by atoms with Crippen LogP contribution in [-0.2, 0) is 6.54 Å². The maximum atomic E-state index is 5.64. The molecular formula is C14H21NO. The first-order chi connectivity index (χ1) is 7.69. The largest absolute Gasteiger partial charge is 0.489 e. The fraction of sp³-hybridized carbons (Fsp3) is 0.429. The molecule has 0 atom stereocenters. The van der Waals surface area contributed by atoms with Crippen LogP contribution in [0.3, 0.4) is 0 Å². The second kappa shape index (κ2) is 6.33. The van der Waals surface area contributed by atoms with Gasteiger partial charge in [-0.1, -0.05) is 31.7 Å². The molecular weight excluding hydrogens is 198 g/mol. The van der Waals surface area contributed by atoms with Crippen LogP contribution in [0, 0.1) is 13.8 Å². The maximum Gasteiger partial charge on any atom is 0.125 e. The highest BCUT2D eigenvalue weighted by atomic mass is 16.5. The number of benzene rings is 1.